The molecule has 1 aliphatic rings. The maximum atomic E-state index is 12.5. The summed E-state index contributed by atoms with van der Waals surface area (Å²) in [6.07, 6.45) is 1.83. The number of carbonyl (C=O) groups excluding carboxylic acids is 2. The molecular weight excluding hydrogens is 356 g/mol. The Kier molecular flexibility index (Phi) is 6.66. The lowest BCUT2D eigenvalue weighted by Crippen LogP contribution is -2.44. The number of carbonyl (C=O) groups is 2. The van der Waals surface area contributed by atoms with Crippen LogP contribution in [0.4, 0.5) is 0 Å². The number of benzene rings is 2. The van der Waals surface area contributed by atoms with Gasteiger partial charge in [0.1, 0.15) is 5.75 Å². The van der Waals surface area contributed by atoms with Crippen molar-refractivity contribution in [1.29, 1.82) is 0 Å². The van der Waals surface area contributed by atoms with Gasteiger partial charge < -0.3 is 14.8 Å². The van der Waals surface area contributed by atoms with Crippen LogP contribution in [0.1, 0.15) is 39.1 Å². The zero-order valence-corrected chi connectivity index (χ0v) is 16.3. The fraction of sp³-hybridized carbons (Fsp3) is 0.364. The molecule has 1 saturated heterocycles. The van der Waals surface area contributed by atoms with Crippen LogP contribution in [0.25, 0.3) is 0 Å². The molecule has 1 N–H and O–H groups in total. The van der Waals surface area contributed by atoms with Crippen LogP contribution in [0.5, 0.6) is 5.75 Å². The van der Waals surface area contributed by atoms with Gasteiger partial charge in [-0.2, -0.15) is 0 Å². The van der Waals surface area contributed by atoms with Gasteiger partial charge in [-0.3, -0.25) is 9.69 Å². The SMILES string of the molecule is COC(=O)c1ccc(C(=O)NC2CCN(Cc3cccc(OC)c3)CC2)cc1. The van der Waals surface area contributed by atoms with Gasteiger partial charge in [-0.1, -0.05) is 12.1 Å². The summed E-state index contributed by atoms with van der Waals surface area (Å²) in [4.78, 5) is 26.3. The molecule has 0 aliphatic carbocycles. The standard InChI is InChI=1S/C22H26N2O4/c1-27-20-5-3-4-16(14-20)15-24-12-10-19(11-13-24)23-21(25)17-6-8-18(9-7-17)22(26)28-2/h3-9,14,19H,10-13,15H2,1-2H3,(H,23,25). The molecule has 1 fully saturated rings. The highest BCUT2D eigenvalue weighted by atomic mass is 16.5. The number of esters is 1. The maximum absolute atomic E-state index is 12.5. The summed E-state index contributed by atoms with van der Waals surface area (Å²) in [5, 5.41) is 3.10. The highest BCUT2D eigenvalue weighted by Crippen LogP contribution is 2.18. The van der Waals surface area contributed by atoms with Crippen molar-refractivity contribution in [3.05, 3.63) is 65.2 Å². The van der Waals surface area contributed by atoms with Gasteiger partial charge in [-0.15, -0.1) is 0 Å². The Morgan fingerprint density at radius 2 is 1.71 bits per heavy atom. The molecule has 1 amide bonds. The fourth-order valence-electron chi connectivity index (χ4n) is 3.41. The minimum Gasteiger partial charge on any atom is -0.497 e. The van der Waals surface area contributed by atoms with Crippen LogP contribution < -0.4 is 10.1 Å². The van der Waals surface area contributed by atoms with Crippen molar-refractivity contribution in [3.8, 4) is 5.75 Å². The molecule has 0 radical (unpaired) electrons. The second kappa shape index (κ2) is 9.37. The Bertz CT molecular complexity index is 812. The van der Waals surface area contributed by atoms with Crippen LogP contribution in [0.15, 0.2) is 48.5 Å². The topological polar surface area (TPSA) is 67.9 Å². The van der Waals surface area contributed by atoms with Crippen molar-refractivity contribution < 1.29 is 19.1 Å². The summed E-state index contributed by atoms with van der Waals surface area (Å²) in [7, 11) is 3.01. The highest BCUT2D eigenvalue weighted by molar-refractivity contribution is 5.96. The maximum Gasteiger partial charge on any atom is 0.337 e. The van der Waals surface area contributed by atoms with E-state index in [0.29, 0.717) is 11.1 Å². The first-order valence-electron chi connectivity index (χ1n) is 9.43. The first-order valence-corrected chi connectivity index (χ1v) is 9.43. The quantitative estimate of drug-likeness (QED) is 0.778. The van der Waals surface area contributed by atoms with Gasteiger partial charge in [0.2, 0.25) is 0 Å². The molecular formula is C22H26N2O4. The van der Waals surface area contributed by atoms with Crippen molar-refractivity contribution in [3.63, 3.8) is 0 Å². The summed E-state index contributed by atoms with van der Waals surface area (Å²) in [5.41, 5.74) is 2.21. The Hall–Kier alpha value is -2.86. The Balaban J connectivity index is 1.48. The van der Waals surface area contributed by atoms with E-state index >= 15 is 0 Å². The number of nitrogens with one attached hydrogen (secondary N) is 1. The molecule has 1 aliphatic heterocycles. The molecule has 0 spiro atoms. The first-order chi connectivity index (χ1) is 13.6. The molecule has 0 saturated carbocycles. The van der Waals surface area contributed by atoms with E-state index in [1.165, 1.54) is 12.7 Å². The van der Waals surface area contributed by atoms with E-state index in [1.54, 1.807) is 31.4 Å². The number of hydrogen-bond donors (Lipinski definition) is 1. The lowest BCUT2D eigenvalue weighted by atomic mass is 10.0. The van der Waals surface area contributed by atoms with Crippen LogP contribution in [-0.2, 0) is 11.3 Å². The van der Waals surface area contributed by atoms with E-state index in [1.807, 2.05) is 12.1 Å². The van der Waals surface area contributed by atoms with Crippen molar-refractivity contribution in [2.45, 2.75) is 25.4 Å². The van der Waals surface area contributed by atoms with Gasteiger partial charge >= 0.3 is 5.97 Å². The molecule has 3 rings (SSSR count). The first kappa shape index (κ1) is 19.9. The van der Waals surface area contributed by atoms with E-state index in [4.69, 9.17) is 4.74 Å². The summed E-state index contributed by atoms with van der Waals surface area (Å²) in [6.45, 7) is 2.75. The third kappa shape index (κ3) is 5.10. The van der Waals surface area contributed by atoms with E-state index in [9.17, 15) is 9.59 Å². The molecule has 0 aromatic heterocycles. The molecule has 0 bridgehead atoms. The normalized spacial score (nSPS) is 15.1. The van der Waals surface area contributed by atoms with Crippen LogP contribution >= 0.6 is 0 Å². The Morgan fingerprint density at radius 1 is 1.04 bits per heavy atom. The summed E-state index contributed by atoms with van der Waals surface area (Å²) in [6, 6.07) is 14.8. The lowest BCUT2D eigenvalue weighted by molar-refractivity contribution is 0.0600. The van der Waals surface area contributed by atoms with Crippen molar-refractivity contribution >= 4 is 11.9 Å². The monoisotopic (exact) mass is 382 g/mol. The minimum atomic E-state index is -0.407. The predicted octanol–water partition coefficient (Wildman–Crippen LogP) is 2.88. The van der Waals surface area contributed by atoms with E-state index in [0.717, 1.165) is 38.2 Å². The van der Waals surface area contributed by atoms with Gasteiger partial charge in [0.05, 0.1) is 19.8 Å². The Morgan fingerprint density at radius 3 is 2.36 bits per heavy atom. The molecule has 2 aromatic rings. The van der Waals surface area contributed by atoms with Gasteiger partial charge in [0.15, 0.2) is 0 Å². The van der Waals surface area contributed by atoms with Crippen molar-refractivity contribution in [1.82, 2.24) is 10.2 Å². The molecule has 0 unspecified atom stereocenters. The van der Waals surface area contributed by atoms with Gasteiger partial charge in [-0.25, -0.2) is 4.79 Å². The number of likely N-dealkylation sites (tertiary alicyclic amines) is 1. The van der Waals surface area contributed by atoms with Crippen LogP contribution in [0.3, 0.4) is 0 Å². The molecule has 148 valence electrons. The summed E-state index contributed by atoms with van der Waals surface area (Å²) < 4.78 is 9.95. The van der Waals surface area contributed by atoms with E-state index in [-0.39, 0.29) is 11.9 Å². The molecule has 6 nitrogen and oxygen atoms in total. The van der Waals surface area contributed by atoms with Crippen LogP contribution in [-0.4, -0.2) is 50.1 Å². The zero-order chi connectivity index (χ0) is 19.9. The van der Waals surface area contributed by atoms with Crippen molar-refractivity contribution in [2.75, 3.05) is 27.3 Å². The fourth-order valence-corrected chi connectivity index (χ4v) is 3.41. The number of ether oxygens (including phenoxy) is 2. The van der Waals surface area contributed by atoms with Crippen molar-refractivity contribution in [2.24, 2.45) is 0 Å². The largest absolute Gasteiger partial charge is 0.497 e. The second-order valence-electron chi connectivity index (χ2n) is 6.94. The number of rotatable bonds is 6. The van der Waals surface area contributed by atoms with E-state index < -0.39 is 5.97 Å². The Labute approximate surface area is 165 Å². The van der Waals surface area contributed by atoms with E-state index in [2.05, 4.69) is 27.1 Å². The number of amides is 1. The number of methoxy groups -OCH3 is 2. The second-order valence-corrected chi connectivity index (χ2v) is 6.94. The predicted molar refractivity (Wildman–Crippen MR) is 107 cm³/mol. The molecule has 2 aromatic carbocycles. The zero-order valence-electron chi connectivity index (χ0n) is 16.3. The third-order valence-electron chi connectivity index (χ3n) is 5.03. The summed E-state index contributed by atoms with van der Waals surface area (Å²) in [5.74, 6) is 0.357. The average Bonchev–Trinajstić information content (AvgIpc) is 2.74. The highest BCUT2D eigenvalue weighted by Gasteiger charge is 2.21. The van der Waals surface area contributed by atoms with Gasteiger partial charge in [-0.05, 0) is 54.8 Å². The third-order valence-corrected chi connectivity index (χ3v) is 5.03. The van der Waals surface area contributed by atoms with Crippen LogP contribution in [0.2, 0.25) is 0 Å². The smallest absolute Gasteiger partial charge is 0.337 e. The molecule has 6 heteroatoms. The molecule has 0 atom stereocenters. The summed E-state index contributed by atoms with van der Waals surface area (Å²) >= 11 is 0. The number of piperidine rings is 1. The lowest BCUT2D eigenvalue weighted by Gasteiger charge is -2.32. The number of hydrogen-bond acceptors (Lipinski definition) is 5. The van der Waals surface area contributed by atoms with Crippen LogP contribution in [0, 0.1) is 0 Å². The molecule has 28 heavy (non-hydrogen) atoms. The van der Waals surface area contributed by atoms with Gasteiger partial charge in [0, 0.05) is 31.2 Å². The number of nitrogens with zero attached hydrogens (tertiary/aromatic N) is 1. The van der Waals surface area contributed by atoms with Gasteiger partial charge in [0.25, 0.3) is 5.91 Å². The molecule has 1 heterocycles. The average molecular weight is 382 g/mol. The minimum absolute atomic E-state index is 0.109.